The van der Waals surface area contributed by atoms with Crippen molar-refractivity contribution < 1.29 is 14.2 Å². The lowest BCUT2D eigenvalue weighted by molar-refractivity contribution is 0.291. The summed E-state index contributed by atoms with van der Waals surface area (Å²) in [6.07, 6.45) is 3.64. The summed E-state index contributed by atoms with van der Waals surface area (Å²) in [5.74, 6) is 0.195. The average molecular weight is 404 g/mol. The van der Waals surface area contributed by atoms with Crippen molar-refractivity contribution in [3.05, 3.63) is 72.9 Å². The minimum absolute atomic E-state index is 0.0889. The summed E-state index contributed by atoms with van der Waals surface area (Å²) in [5.41, 5.74) is 4.49. The lowest BCUT2D eigenvalue weighted by atomic mass is 10.1. The van der Waals surface area contributed by atoms with Gasteiger partial charge in [-0.2, -0.15) is 4.39 Å². The number of pyridine rings is 1. The van der Waals surface area contributed by atoms with Crippen molar-refractivity contribution >= 4 is 22.4 Å². The molecule has 2 aromatic heterocycles. The minimum atomic E-state index is -0.559. The number of hydrogen-bond donors (Lipinski definition) is 1. The van der Waals surface area contributed by atoms with Gasteiger partial charge in [0.05, 0.1) is 30.0 Å². The molecule has 2 heterocycles. The van der Waals surface area contributed by atoms with Crippen molar-refractivity contribution in [1.82, 2.24) is 15.0 Å². The van der Waals surface area contributed by atoms with Crippen LogP contribution in [0.25, 0.3) is 22.3 Å². The van der Waals surface area contributed by atoms with Crippen LogP contribution in [0.1, 0.15) is 6.42 Å². The van der Waals surface area contributed by atoms with Crippen LogP contribution in [0.2, 0.25) is 0 Å². The molecule has 0 atom stereocenters. The number of rotatable bonds is 7. The van der Waals surface area contributed by atoms with Gasteiger partial charge in [0.2, 0.25) is 5.95 Å². The molecular formula is C23H21FN4O2. The van der Waals surface area contributed by atoms with Gasteiger partial charge in [-0.05, 0) is 42.8 Å². The monoisotopic (exact) mass is 404 g/mol. The van der Waals surface area contributed by atoms with Gasteiger partial charge in [-0.3, -0.25) is 4.98 Å². The highest BCUT2D eigenvalue weighted by Crippen LogP contribution is 2.30. The van der Waals surface area contributed by atoms with Crippen molar-refractivity contribution in [2.75, 3.05) is 25.2 Å². The molecule has 0 saturated carbocycles. The fourth-order valence-electron chi connectivity index (χ4n) is 3.28. The number of anilines is 2. The van der Waals surface area contributed by atoms with Crippen LogP contribution in [0.3, 0.4) is 0 Å². The molecule has 0 fully saturated rings. The Bertz CT molecular complexity index is 1170. The lowest BCUT2D eigenvalue weighted by Gasteiger charge is -2.25. The van der Waals surface area contributed by atoms with Gasteiger partial charge in [-0.15, -0.1) is 0 Å². The van der Waals surface area contributed by atoms with E-state index in [0.717, 1.165) is 22.6 Å². The molecule has 0 amide bonds. The Morgan fingerprint density at radius 2 is 1.87 bits per heavy atom. The fourth-order valence-corrected chi connectivity index (χ4v) is 3.28. The molecule has 0 spiro atoms. The highest BCUT2D eigenvalue weighted by atomic mass is 19.1. The molecule has 0 unspecified atom stereocenters. The molecule has 0 aliphatic heterocycles. The number of aliphatic hydroxyl groups excluding tert-OH is 1. The maximum Gasteiger partial charge on any atom is 0.213 e. The summed E-state index contributed by atoms with van der Waals surface area (Å²) in [6, 6.07) is 16.6. The van der Waals surface area contributed by atoms with E-state index in [-0.39, 0.29) is 6.61 Å². The van der Waals surface area contributed by atoms with Gasteiger partial charge in [-0.1, -0.05) is 6.07 Å². The Morgan fingerprint density at radius 3 is 2.67 bits per heavy atom. The molecule has 4 aromatic rings. The third-order valence-corrected chi connectivity index (χ3v) is 4.76. The molecule has 152 valence electrons. The molecule has 6 nitrogen and oxygen atoms in total. The van der Waals surface area contributed by atoms with Crippen LogP contribution in [0.15, 0.2) is 67.0 Å². The number of benzene rings is 2. The smallest absolute Gasteiger partial charge is 0.213 e. The number of nitrogens with zero attached hydrogens (tertiary/aromatic N) is 4. The first kappa shape index (κ1) is 19.7. The van der Waals surface area contributed by atoms with Crippen molar-refractivity contribution in [2.24, 2.45) is 0 Å². The van der Waals surface area contributed by atoms with E-state index >= 15 is 0 Å². The first-order chi connectivity index (χ1) is 14.7. The van der Waals surface area contributed by atoms with Crippen LogP contribution in [-0.2, 0) is 0 Å². The zero-order valence-corrected chi connectivity index (χ0v) is 16.5. The van der Waals surface area contributed by atoms with Crippen molar-refractivity contribution in [3.8, 4) is 17.0 Å². The van der Waals surface area contributed by atoms with E-state index in [1.165, 1.54) is 12.3 Å². The Morgan fingerprint density at radius 1 is 1.00 bits per heavy atom. The molecule has 0 aliphatic rings. The largest absolute Gasteiger partial charge is 0.497 e. The zero-order valence-electron chi connectivity index (χ0n) is 16.5. The molecule has 0 saturated heterocycles. The number of aliphatic hydroxyl groups is 1. The summed E-state index contributed by atoms with van der Waals surface area (Å²) in [4.78, 5) is 14.8. The van der Waals surface area contributed by atoms with Crippen LogP contribution in [0.4, 0.5) is 15.8 Å². The predicted molar refractivity (Wildman–Crippen MR) is 114 cm³/mol. The van der Waals surface area contributed by atoms with E-state index in [1.807, 2.05) is 42.5 Å². The summed E-state index contributed by atoms with van der Waals surface area (Å²) < 4.78 is 18.9. The zero-order chi connectivity index (χ0) is 20.9. The number of hydrogen-bond acceptors (Lipinski definition) is 6. The predicted octanol–water partition coefficient (Wildman–Crippen LogP) is 4.36. The van der Waals surface area contributed by atoms with Gasteiger partial charge in [0.15, 0.2) is 0 Å². The van der Waals surface area contributed by atoms with Crippen LogP contribution in [0, 0.1) is 5.95 Å². The molecule has 0 bridgehead atoms. The topological polar surface area (TPSA) is 71.4 Å². The first-order valence-corrected chi connectivity index (χ1v) is 9.59. The van der Waals surface area contributed by atoms with Gasteiger partial charge < -0.3 is 14.7 Å². The quantitative estimate of drug-likeness (QED) is 0.462. The molecular weight excluding hydrogens is 383 g/mol. The second-order valence-electron chi connectivity index (χ2n) is 6.73. The maximum atomic E-state index is 13.5. The summed E-state index contributed by atoms with van der Waals surface area (Å²) in [6.45, 7) is 0.712. The SMILES string of the molecule is COc1cccc(N(CCCO)c2ccc3ncc(-c4ccnc(F)c4)nc3c2)c1. The van der Waals surface area contributed by atoms with Crippen LogP contribution in [0.5, 0.6) is 5.75 Å². The molecule has 0 aliphatic carbocycles. The van der Waals surface area contributed by atoms with E-state index < -0.39 is 5.95 Å². The number of aromatic nitrogens is 3. The number of fused-ring (bicyclic) bond motifs is 1. The van der Waals surface area contributed by atoms with Gasteiger partial charge in [0, 0.05) is 48.4 Å². The van der Waals surface area contributed by atoms with E-state index in [1.54, 1.807) is 19.4 Å². The molecule has 7 heteroatoms. The van der Waals surface area contributed by atoms with Crippen LogP contribution < -0.4 is 9.64 Å². The lowest BCUT2D eigenvalue weighted by Crippen LogP contribution is -2.19. The summed E-state index contributed by atoms with van der Waals surface area (Å²) >= 11 is 0. The number of ether oxygens (including phenoxy) is 1. The van der Waals surface area contributed by atoms with E-state index in [9.17, 15) is 9.50 Å². The highest BCUT2D eigenvalue weighted by molar-refractivity contribution is 5.82. The standard InChI is InChI=1S/C23H21FN4O2/c1-30-19-5-2-4-17(13-19)28(10-3-11-29)18-6-7-20-21(14-18)27-22(15-26-20)16-8-9-25-23(24)12-16/h2,4-9,12-15,29H,3,10-11H2,1H3. The maximum absolute atomic E-state index is 13.5. The fraction of sp³-hybridized carbons (Fsp3) is 0.174. The Balaban J connectivity index is 1.76. The number of methoxy groups -OCH3 is 1. The third-order valence-electron chi connectivity index (χ3n) is 4.76. The van der Waals surface area contributed by atoms with Gasteiger partial charge in [0.25, 0.3) is 0 Å². The van der Waals surface area contributed by atoms with E-state index in [0.29, 0.717) is 29.7 Å². The van der Waals surface area contributed by atoms with Crippen LogP contribution >= 0.6 is 0 Å². The molecule has 1 N–H and O–H groups in total. The van der Waals surface area contributed by atoms with Gasteiger partial charge >= 0.3 is 0 Å². The number of halogens is 1. The Hall–Kier alpha value is -3.58. The van der Waals surface area contributed by atoms with E-state index in [2.05, 4.69) is 19.9 Å². The Kier molecular flexibility index (Phi) is 5.81. The molecule has 30 heavy (non-hydrogen) atoms. The van der Waals surface area contributed by atoms with Crippen molar-refractivity contribution in [2.45, 2.75) is 6.42 Å². The van der Waals surface area contributed by atoms with Gasteiger partial charge in [-0.25, -0.2) is 9.97 Å². The summed E-state index contributed by atoms with van der Waals surface area (Å²) in [7, 11) is 1.63. The minimum Gasteiger partial charge on any atom is -0.497 e. The summed E-state index contributed by atoms with van der Waals surface area (Å²) in [5, 5.41) is 9.36. The second-order valence-corrected chi connectivity index (χ2v) is 6.73. The molecule has 4 rings (SSSR count). The molecule has 0 radical (unpaired) electrons. The van der Waals surface area contributed by atoms with Crippen LogP contribution in [-0.4, -0.2) is 40.3 Å². The van der Waals surface area contributed by atoms with Crippen molar-refractivity contribution in [1.29, 1.82) is 0 Å². The van der Waals surface area contributed by atoms with Crippen molar-refractivity contribution in [3.63, 3.8) is 0 Å². The Labute approximate surface area is 173 Å². The first-order valence-electron chi connectivity index (χ1n) is 9.59. The average Bonchev–Trinajstić information content (AvgIpc) is 2.79. The highest BCUT2D eigenvalue weighted by Gasteiger charge is 2.12. The van der Waals surface area contributed by atoms with Gasteiger partial charge in [0.1, 0.15) is 5.75 Å². The van der Waals surface area contributed by atoms with E-state index in [4.69, 9.17) is 4.74 Å². The molecule has 2 aromatic carbocycles. The third kappa shape index (κ3) is 4.21. The normalized spacial score (nSPS) is 10.9. The second kappa shape index (κ2) is 8.84.